The number of hydrogen-bond acceptors (Lipinski definition) is 4. The van der Waals surface area contributed by atoms with E-state index in [0.717, 1.165) is 57.2 Å². The molecule has 1 aliphatic heterocycles. The summed E-state index contributed by atoms with van der Waals surface area (Å²) in [6.45, 7) is 9.81. The third-order valence-electron chi connectivity index (χ3n) is 6.68. The maximum absolute atomic E-state index is 10.7. The number of aliphatic hydroxyl groups is 2. The molecule has 1 aromatic rings. The Morgan fingerprint density at radius 2 is 2.00 bits per heavy atom. The van der Waals surface area contributed by atoms with Crippen molar-refractivity contribution in [2.75, 3.05) is 6.54 Å². The fourth-order valence-corrected chi connectivity index (χ4v) is 5.03. The largest absolute Gasteiger partial charge is 0.489 e. The van der Waals surface area contributed by atoms with Gasteiger partial charge in [-0.05, 0) is 58.6 Å². The number of nitrogens with one attached hydrogen (secondary N) is 1. The molecule has 0 unspecified atom stereocenters. The molecule has 4 heteroatoms. The highest BCUT2D eigenvalue weighted by atomic mass is 16.5. The molecule has 0 saturated heterocycles. The Balaban J connectivity index is 1.61. The maximum atomic E-state index is 10.7. The van der Waals surface area contributed by atoms with Gasteiger partial charge < -0.3 is 20.3 Å². The quantitative estimate of drug-likeness (QED) is 0.337. The molecule has 3 rings (SSSR count). The van der Waals surface area contributed by atoms with E-state index in [1.54, 1.807) is 0 Å². The zero-order chi connectivity index (χ0) is 22.4. The highest BCUT2D eigenvalue weighted by Gasteiger charge is 2.48. The molecular weight excluding hydrogens is 386 g/mol. The molecule has 0 aromatic heterocycles. The van der Waals surface area contributed by atoms with E-state index in [1.165, 1.54) is 11.1 Å². The average Bonchev–Trinajstić information content (AvgIpc) is 3.20. The van der Waals surface area contributed by atoms with Gasteiger partial charge in [0.05, 0.1) is 12.2 Å². The van der Waals surface area contributed by atoms with E-state index in [1.807, 2.05) is 6.08 Å². The van der Waals surface area contributed by atoms with Crippen LogP contribution in [0.25, 0.3) is 0 Å². The molecule has 4 nitrogen and oxygen atoms in total. The lowest BCUT2D eigenvalue weighted by molar-refractivity contribution is 0.135. The van der Waals surface area contributed by atoms with E-state index in [0.29, 0.717) is 6.42 Å². The normalized spacial score (nSPS) is 26.1. The number of para-hydroxylation sites is 1. The second-order valence-electron chi connectivity index (χ2n) is 10.5. The predicted molar refractivity (Wildman–Crippen MR) is 128 cm³/mol. The monoisotopic (exact) mass is 429 g/mol. The fourth-order valence-electron chi connectivity index (χ4n) is 5.03. The van der Waals surface area contributed by atoms with Crippen LogP contribution in [0.2, 0.25) is 0 Å². The lowest BCUT2D eigenvalue weighted by Gasteiger charge is -2.20. The van der Waals surface area contributed by atoms with Crippen molar-refractivity contribution in [1.82, 2.24) is 5.32 Å². The minimum Gasteiger partial charge on any atom is -0.489 e. The Morgan fingerprint density at radius 3 is 2.74 bits per heavy atom. The minimum atomic E-state index is -0.423. The SMILES string of the molecule is CCCCC[C@H](O)C=C[C@@H]1[C@H]2c3cccc(CCCCNC(C)(C)C)c3O[C@H]2C[C@H]1O. The van der Waals surface area contributed by atoms with Gasteiger partial charge in [-0.1, -0.05) is 56.5 Å². The maximum Gasteiger partial charge on any atom is 0.126 e. The Morgan fingerprint density at radius 1 is 1.19 bits per heavy atom. The van der Waals surface area contributed by atoms with E-state index < -0.39 is 12.2 Å². The van der Waals surface area contributed by atoms with Crippen LogP contribution in [0.5, 0.6) is 5.75 Å². The average molecular weight is 430 g/mol. The molecule has 5 atom stereocenters. The van der Waals surface area contributed by atoms with Gasteiger partial charge in [-0.25, -0.2) is 0 Å². The van der Waals surface area contributed by atoms with Crippen molar-refractivity contribution in [2.24, 2.45) is 5.92 Å². The molecule has 3 N–H and O–H groups in total. The molecule has 1 fully saturated rings. The van der Waals surface area contributed by atoms with Gasteiger partial charge in [0, 0.05) is 29.4 Å². The first-order valence-electron chi connectivity index (χ1n) is 12.4. The molecule has 1 heterocycles. The van der Waals surface area contributed by atoms with E-state index in [-0.39, 0.29) is 23.5 Å². The van der Waals surface area contributed by atoms with Crippen molar-refractivity contribution in [1.29, 1.82) is 0 Å². The number of rotatable bonds is 11. The highest BCUT2D eigenvalue weighted by molar-refractivity contribution is 5.49. The number of aliphatic hydroxyl groups excluding tert-OH is 2. The molecule has 2 aliphatic rings. The minimum absolute atomic E-state index is 0.0123. The molecule has 0 bridgehead atoms. The van der Waals surface area contributed by atoms with Gasteiger partial charge in [0.15, 0.2) is 0 Å². The molecule has 0 amide bonds. The molecule has 0 radical (unpaired) electrons. The molecular formula is C27H43NO3. The standard InChI is InChI=1S/C27H43NO3/c1-5-6-7-13-20(29)15-16-21-23(30)18-24-25(21)22-14-10-12-19(26(22)31-24)11-8-9-17-28-27(2,3)4/h10,12,14-16,20-21,23-25,28-30H,5-9,11,13,17-18H2,1-4H3/t20-,21-,23+,24-,25-/m0/s1. The molecule has 0 spiro atoms. The molecule has 174 valence electrons. The third-order valence-corrected chi connectivity index (χ3v) is 6.68. The highest BCUT2D eigenvalue weighted by Crippen LogP contribution is 2.52. The Kier molecular flexibility index (Phi) is 8.60. The lowest BCUT2D eigenvalue weighted by Crippen LogP contribution is -2.36. The molecule has 1 aromatic carbocycles. The van der Waals surface area contributed by atoms with Crippen molar-refractivity contribution in [3.63, 3.8) is 0 Å². The number of benzene rings is 1. The second-order valence-corrected chi connectivity index (χ2v) is 10.5. The predicted octanol–water partition coefficient (Wildman–Crippen LogP) is 5.12. The van der Waals surface area contributed by atoms with Crippen molar-refractivity contribution >= 4 is 0 Å². The van der Waals surface area contributed by atoms with Gasteiger partial charge in [0.1, 0.15) is 11.9 Å². The summed E-state index contributed by atoms with van der Waals surface area (Å²) in [5, 5.41) is 24.5. The van der Waals surface area contributed by atoms with E-state index in [2.05, 4.69) is 57.3 Å². The second kappa shape index (κ2) is 11.0. The Labute approximate surface area is 189 Å². The van der Waals surface area contributed by atoms with Crippen LogP contribution in [0.4, 0.5) is 0 Å². The van der Waals surface area contributed by atoms with Gasteiger partial charge in [0.2, 0.25) is 0 Å². The van der Waals surface area contributed by atoms with Crippen molar-refractivity contribution in [3.05, 3.63) is 41.5 Å². The third kappa shape index (κ3) is 6.57. The first-order chi connectivity index (χ1) is 14.8. The van der Waals surface area contributed by atoms with Crippen LogP contribution in [0.3, 0.4) is 0 Å². The van der Waals surface area contributed by atoms with Crippen LogP contribution >= 0.6 is 0 Å². The van der Waals surface area contributed by atoms with Gasteiger partial charge >= 0.3 is 0 Å². The Bertz CT molecular complexity index is 724. The fraction of sp³-hybridized carbons (Fsp3) is 0.704. The topological polar surface area (TPSA) is 61.7 Å². The van der Waals surface area contributed by atoms with E-state index >= 15 is 0 Å². The summed E-state index contributed by atoms with van der Waals surface area (Å²) in [5.74, 6) is 1.25. The van der Waals surface area contributed by atoms with Crippen LogP contribution in [0.1, 0.15) is 89.7 Å². The van der Waals surface area contributed by atoms with Crippen molar-refractivity contribution in [3.8, 4) is 5.75 Å². The summed E-state index contributed by atoms with van der Waals surface area (Å²) in [6.07, 6.45) is 11.3. The first-order valence-corrected chi connectivity index (χ1v) is 12.4. The molecule has 1 saturated carbocycles. The van der Waals surface area contributed by atoms with Crippen LogP contribution < -0.4 is 10.1 Å². The van der Waals surface area contributed by atoms with Crippen LogP contribution in [0, 0.1) is 5.92 Å². The summed E-state index contributed by atoms with van der Waals surface area (Å²) < 4.78 is 6.39. The van der Waals surface area contributed by atoms with Gasteiger partial charge in [-0.3, -0.25) is 0 Å². The Hall–Kier alpha value is -1.36. The zero-order valence-corrected chi connectivity index (χ0v) is 19.9. The van der Waals surface area contributed by atoms with Gasteiger partial charge in [-0.15, -0.1) is 0 Å². The van der Waals surface area contributed by atoms with Crippen LogP contribution in [-0.4, -0.2) is 40.6 Å². The number of ether oxygens (including phenoxy) is 1. The summed E-state index contributed by atoms with van der Waals surface area (Å²) in [4.78, 5) is 0. The van der Waals surface area contributed by atoms with Crippen molar-refractivity contribution < 1.29 is 14.9 Å². The summed E-state index contributed by atoms with van der Waals surface area (Å²) in [6, 6.07) is 6.50. The smallest absolute Gasteiger partial charge is 0.126 e. The zero-order valence-electron chi connectivity index (χ0n) is 19.9. The summed E-state index contributed by atoms with van der Waals surface area (Å²) in [7, 11) is 0. The van der Waals surface area contributed by atoms with Gasteiger partial charge in [0.25, 0.3) is 0 Å². The summed E-state index contributed by atoms with van der Waals surface area (Å²) in [5.41, 5.74) is 2.70. The van der Waals surface area contributed by atoms with E-state index in [4.69, 9.17) is 4.74 Å². The molecule has 31 heavy (non-hydrogen) atoms. The number of aryl methyl sites for hydroxylation is 1. The lowest BCUT2D eigenvalue weighted by atomic mass is 9.86. The van der Waals surface area contributed by atoms with Crippen LogP contribution in [-0.2, 0) is 6.42 Å². The molecule has 1 aliphatic carbocycles. The van der Waals surface area contributed by atoms with Crippen LogP contribution in [0.15, 0.2) is 30.4 Å². The summed E-state index contributed by atoms with van der Waals surface area (Å²) >= 11 is 0. The van der Waals surface area contributed by atoms with E-state index in [9.17, 15) is 10.2 Å². The number of fused-ring (bicyclic) bond motifs is 3. The van der Waals surface area contributed by atoms with Crippen molar-refractivity contribution in [2.45, 2.75) is 109 Å². The first kappa shape index (κ1) is 24.3. The van der Waals surface area contributed by atoms with Gasteiger partial charge in [-0.2, -0.15) is 0 Å². The number of unbranched alkanes of at least 4 members (excludes halogenated alkanes) is 3. The number of hydrogen-bond donors (Lipinski definition) is 3.